The predicted octanol–water partition coefficient (Wildman–Crippen LogP) is 6.06. The maximum Gasteiger partial charge on any atom is 0.138 e. The van der Waals surface area contributed by atoms with Crippen molar-refractivity contribution in [3.8, 4) is 33.9 Å². The summed E-state index contributed by atoms with van der Waals surface area (Å²) in [4.78, 5) is 8.32. The van der Waals surface area contributed by atoms with Gasteiger partial charge in [-0.1, -0.05) is 90.5 Å². The van der Waals surface area contributed by atoms with Crippen molar-refractivity contribution in [2.75, 3.05) is 0 Å². The summed E-state index contributed by atoms with van der Waals surface area (Å²) in [5, 5.41) is 0.695. The van der Waals surface area contributed by atoms with E-state index in [2.05, 4.69) is 17.1 Å². The van der Waals surface area contributed by atoms with E-state index in [0.29, 0.717) is 5.02 Å². The maximum atomic E-state index is 6.42. The quantitative estimate of drug-likeness (QED) is 0.485. The number of nitrogens with one attached hydrogen (secondary N) is 1. The fraction of sp³-hybridized carbons (Fsp3) is 0. The molecule has 0 saturated carbocycles. The highest BCUT2D eigenvalue weighted by Gasteiger charge is 2.16. The molecule has 0 fully saturated rings. The lowest BCUT2D eigenvalue weighted by molar-refractivity contribution is 1.31. The molecule has 1 N–H and O–H groups in total. The standard InChI is InChI=1S/C21H15ClN2/c22-18-14-8-7-13-17(18)20-19(15-9-3-1-4-10-15)23-21(24-20)16-11-5-2-6-12-16/h1-14H,(H,23,24). The number of imidazole rings is 1. The summed E-state index contributed by atoms with van der Waals surface area (Å²) in [5.41, 5.74) is 4.90. The van der Waals surface area contributed by atoms with E-state index in [9.17, 15) is 0 Å². The smallest absolute Gasteiger partial charge is 0.138 e. The van der Waals surface area contributed by atoms with Gasteiger partial charge in [-0.25, -0.2) is 4.98 Å². The average molecular weight is 331 g/mol. The minimum Gasteiger partial charge on any atom is -0.337 e. The lowest BCUT2D eigenvalue weighted by Crippen LogP contribution is -1.84. The molecule has 0 aliphatic rings. The van der Waals surface area contributed by atoms with Gasteiger partial charge in [0.2, 0.25) is 0 Å². The van der Waals surface area contributed by atoms with Gasteiger partial charge in [-0.15, -0.1) is 0 Å². The molecule has 116 valence electrons. The number of hydrogen-bond acceptors (Lipinski definition) is 1. The molecule has 0 saturated heterocycles. The number of nitrogens with zero attached hydrogens (tertiary/aromatic N) is 1. The van der Waals surface area contributed by atoms with Crippen molar-refractivity contribution >= 4 is 11.6 Å². The first-order valence-corrected chi connectivity index (χ1v) is 8.16. The van der Waals surface area contributed by atoms with Gasteiger partial charge in [-0.05, 0) is 6.07 Å². The second-order valence-electron chi connectivity index (χ2n) is 5.52. The first-order valence-electron chi connectivity index (χ1n) is 7.78. The molecule has 2 nitrogen and oxygen atoms in total. The molecular formula is C21H15ClN2. The van der Waals surface area contributed by atoms with E-state index in [-0.39, 0.29) is 0 Å². The zero-order valence-corrected chi connectivity index (χ0v) is 13.7. The molecule has 3 aromatic carbocycles. The molecular weight excluding hydrogens is 316 g/mol. The summed E-state index contributed by atoms with van der Waals surface area (Å²) in [6, 6.07) is 28.1. The van der Waals surface area contributed by atoms with Crippen molar-refractivity contribution in [2.45, 2.75) is 0 Å². The molecule has 0 spiro atoms. The number of hydrogen-bond donors (Lipinski definition) is 1. The largest absolute Gasteiger partial charge is 0.337 e. The number of halogens is 1. The summed E-state index contributed by atoms with van der Waals surface area (Å²) in [5.74, 6) is 0.837. The molecule has 24 heavy (non-hydrogen) atoms. The molecule has 0 radical (unpaired) electrons. The monoisotopic (exact) mass is 330 g/mol. The molecule has 0 bridgehead atoms. The van der Waals surface area contributed by atoms with E-state index < -0.39 is 0 Å². The van der Waals surface area contributed by atoms with Crippen LogP contribution in [0.25, 0.3) is 33.9 Å². The zero-order valence-electron chi connectivity index (χ0n) is 12.9. The highest BCUT2D eigenvalue weighted by atomic mass is 35.5. The number of aromatic amines is 1. The highest BCUT2D eigenvalue weighted by Crippen LogP contribution is 2.36. The van der Waals surface area contributed by atoms with Crippen LogP contribution in [-0.2, 0) is 0 Å². The molecule has 0 atom stereocenters. The predicted molar refractivity (Wildman–Crippen MR) is 99.9 cm³/mol. The van der Waals surface area contributed by atoms with Crippen LogP contribution in [0.2, 0.25) is 5.02 Å². The van der Waals surface area contributed by atoms with E-state index in [1.807, 2.05) is 72.8 Å². The van der Waals surface area contributed by atoms with Crippen molar-refractivity contribution < 1.29 is 0 Å². The highest BCUT2D eigenvalue weighted by molar-refractivity contribution is 6.33. The molecule has 0 aliphatic carbocycles. The van der Waals surface area contributed by atoms with Gasteiger partial charge in [0.05, 0.1) is 16.4 Å². The van der Waals surface area contributed by atoms with Gasteiger partial charge >= 0.3 is 0 Å². The van der Waals surface area contributed by atoms with Gasteiger partial charge in [0.15, 0.2) is 0 Å². The third-order valence-electron chi connectivity index (χ3n) is 3.94. The first kappa shape index (κ1) is 14.7. The van der Waals surface area contributed by atoms with Crippen LogP contribution in [-0.4, -0.2) is 9.97 Å². The third-order valence-corrected chi connectivity index (χ3v) is 4.27. The fourth-order valence-corrected chi connectivity index (χ4v) is 2.99. The third kappa shape index (κ3) is 2.72. The van der Waals surface area contributed by atoms with Crippen molar-refractivity contribution in [3.05, 3.63) is 90.0 Å². The van der Waals surface area contributed by atoms with Crippen LogP contribution in [0.1, 0.15) is 0 Å². The van der Waals surface area contributed by atoms with E-state index in [0.717, 1.165) is 33.9 Å². The molecule has 1 aromatic heterocycles. The van der Waals surface area contributed by atoms with Crippen LogP contribution in [0.15, 0.2) is 84.9 Å². The number of aromatic nitrogens is 2. The van der Waals surface area contributed by atoms with Crippen LogP contribution in [0, 0.1) is 0 Å². The minimum atomic E-state index is 0.695. The molecule has 4 aromatic rings. The topological polar surface area (TPSA) is 28.7 Å². The summed E-state index contributed by atoms with van der Waals surface area (Å²) < 4.78 is 0. The van der Waals surface area contributed by atoms with Gasteiger partial charge in [-0.3, -0.25) is 0 Å². The first-order chi connectivity index (χ1) is 11.8. The van der Waals surface area contributed by atoms with Crippen LogP contribution < -0.4 is 0 Å². The summed E-state index contributed by atoms with van der Waals surface area (Å²) >= 11 is 6.42. The summed E-state index contributed by atoms with van der Waals surface area (Å²) in [7, 11) is 0. The van der Waals surface area contributed by atoms with Gasteiger partial charge in [-0.2, -0.15) is 0 Å². The SMILES string of the molecule is Clc1ccccc1-c1nc(-c2ccccc2)[nH]c1-c1ccccc1. The molecule has 0 amide bonds. The number of rotatable bonds is 3. The minimum absolute atomic E-state index is 0.695. The van der Waals surface area contributed by atoms with Crippen LogP contribution in [0.4, 0.5) is 0 Å². The van der Waals surface area contributed by atoms with Gasteiger partial charge in [0.25, 0.3) is 0 Å². The van der Waals surface area contributed by atoms with Crippen molar-refractivity contribution in [1.82, 2.24) is 9.97 Å². The van der Waals surface area contributed by atoms with E-state index in [4.69, 9.17) is 16.6 Å². The molecule has 0 unspecified atom stereocenters. The lowest BCUT2D eigenvalue weighted by Gasteiger charge is -2.04. The Balaban J connectivity index is 1.94. The zero-order chi connectivity index (χ0) is 16.4. The second kappa shape index (κ2) is 6.34. The van der Waals surface area contributed by atoms with Gasteiger partial charge in [0, 0.05) is 16.7 Å². The molecule has 3 heteroatoms. The Kier molecular flexibility index (Phi) is 3.89. The summed E-state index contributed by atoms with van der Waals surface area (Å²) in [6.45, 7) is 0. The van der Waals surface area contributed by atoms with E-state index >= 15 is 0 Å². The Morgan fingerprint density at radius 2 is 1.25 bits per heavy atom. The maximum absolute atomic E-state index is 6.42. The van der Waals surface area contributed by atoms with Crippen LogP contribution in [0.3, 0.4) is 0 Å². The molecule has 4 rings (SSSR count). The second-order valence-corrected chi connectivity index (χ2v) is 5.93. The average Bonchev–Trinajstić information content (AvgIpc) is 3.09. The lowest BCUT2D eigenvalue weighted by atomic mass is 10.1. The van der Waals surface area contributed by atoms with Crippen LogP contribution >= 0.6 is 11.6 Å². The Labute approximate surface area is 145 Å². The Hall–Kier alpha value is -2.84. The van der Waals surface area contributed by atoms with Crippen molar-refractivity contribution in [2.24, 2.45) is 0 Å². The van der Waals surface area contributed by atoms with Crippen molar-refractivity contribution in [1.29, 1.82) is 0 Å². The normalized spacial score (nSPS) is 10.7. The Morgan fingerprint density at radius 1 is 0.667 bits per heavy atom. The fourth-order valence-electron chi connectivity index (χ4n) is 2.77. The number of benzene rings is 3. The Bertz CT molecular complexity index is 960. The Morgan fingerprint density at radius 3 is 1.92 bits per heavy atom. The van der Waals surface area contributed by atoms with Gasteiger partial charge < -0.3 is 4.98 Å². The van der Waals surface area contributed by atoms with Gasteiger partial charge in [0.1, 0.15) is 5.82 Å². The van der Waals surface area contributed by atoms with Crippen molar-refractivity contribution in [3.63, 3.8) is 0 Å². The molecule has 0 aliphatic heterocycles. The molecule has 1 heterocycles. The number of H-pyrrole nitrogens is 1. The van der Waals surface area contributed by atoms with Crippen LogP contribution in [0.5, 0.6) is 0 Å². The summed E-state index contributed by atoms with van der Waals surface area (Å²) in [6.07, 6.45) is 0. The van der Waals surface area contributed by atoms with E-state index in [1.54, 1.807) is 0 Å². The van der Waals surface area contributed by atoms with E-state index in [1.165, 1.54) is 0 Å².